The molecular formula is C12H17ClO2. The van der Waals surface area contributed by atoms with Gasteiger partial charge in [-0.1, -0.05) is 24.6 Å². The molecule has 0 aliphatic heterocycles. The second-order valence-electron chi connectivity index (χ2n) is 3.70. The molecule has 0 radical (unpaired) electrons. The molecule has 0 saturated heterocycles. The fourth-order valence-electron chi connectivity index (χ4n) is 1.38. The van der Waals surface area contributed by atoms with Gasteiger partial charge in [-0.05, 0) is 32.4 Å². The van der Waals surface area contributed by atoms with Crippen LogP contribution in [0.2, 0.25) is 5.02 Å². The molecule has 15 heavy (non-hydrogen) atoms. The van der Waals surface area contributed by atoms with E-state index in [1.165, 1.54) is 0 Å². The molecule has 0 bridgehead atoms. The summed E-state index contributed by atoms with van der Waals surface area (Å²) in [7, 11) is 0. The van der Waals surface area contributed by atoms with E-state index in [2.05, 4.69) is 0 Å². The molecule has 3 heteroatoms. The quantitative estimate of drug-likeness (QED) is 0.857. The largest absolute Gasteiger partial charge is 0.494 e. The first kappa shape index (κ1) is 12.3. The number of halogens is 1. The molecule has 0 aromatic heterocycles. The second-order valence-corrected chi connectivity index (χ2v) is 4.11. The molecule has 0 heterocycles. The third-order valence-electron chi connectivity index (χ3n) is 2.52. The van der Waals surface area contributed by atoms with E-state index in [9.17, 15) is 5.11 Å². The first-order valence-electron chi connectivity index (χ1n) is 5.16. The Morgan fingerprint density at radius 1 is 1.40 bits per heavy atom. The van der Waals surface area contributed by atoms with Crippen LogP contribution in [-0.4, -0.2) is 11.7 Å². The Kier molecular flexibility index (Phi) is 4.00. The zero-order valence-corrected chi connectivity index (χ0v) is 10.1. The highest BCUT2D eigenvalue weighted by Crippen LogP contribution is 2.32. The Hall–Kier alpha value is -0.730. The van der Waals surface area contributed by atoms with Gasteiger partial charge in [-0.3, -0.25) is 0 Å². The molecule has 0 amide bonds. The minimum absolute atomic E-state index is 0.549. The van der Waals surface area contributed by atoms with Gasteiger partial charge in [0.1, 0.15) is 5.75 Å². The Morgan fingerprint density at radius 3 is 2.53 bits per heavy atom. The van der Waals surface area contributed by atoms with Crippen molar-refractivity contribution in [3.8, 4) is 5.75 Å². The summed E-state index contributed by atoms with van der Waals surface area (Å²) < 4.78 is 5.32. The lowest BCUT2D eigenvalue weighted by molar-refractivity contribution is 0.0531. The molecule has 84 valence electrons. The van der Waals surface area contributed by atoms with E-state index in [1.807, 2.05) is 26.0 Å². The van der Waals surface area contributed by atoms with Crippen LogP contribution in [0.1, 0.15) is 32.8 Å². The van der Waals surface area contributed by atoms with E-state index in [-0.39, 0.29) is 0 Å². The van der Waals surface area contributed by atoms with Gasteiger partial charge < -0.3 is 9.84 Å². The van der Waals surface area contributed by atoms with Crippen LogP contribution >= 0.6 is 11.6 Å². The van der Waals surface area contributed by atoms with Crippen molar-refractivity contribution in [1.82, 2.24) is 0 Å². The third-order valence-corrected chi connectivity index (χ3v) is 2.83. The fraction of sp³-hybridized carbons (Fsp3) is 0.500. The average molecular weight is 229 g/mol. The SMILES string of the molecule is CCOc1ccc(C(C)(O)CC)c(Cl)c1. The monoisotopic (exact) mass is 228 g/mol. The first-order valence-corrected chi connectivity index (χ1v) is 5.54. The van der Waals surface area contributed by atoms with Crippen molar-refractivity contribution in [2.45, 2.75) is 32.8 Å². The maximum Gasteiger partial charge on any atom is 0.120 e. The molecule has 1 aromatic rings. The van der Waals surface area contributed by atoms with Gasteiger partial charge in [0.05, 0.1) is 17.2 Å². The van der Waals surface area contributed by atoms with Gasteiger partial charge in [0, 0.05) is 5.56 Å². The van der Waals surface area contributed by atoms with Crippen molar-refractivity contribution in [3.05, 3.63) is 28.8 Å². The summed E-state index contributed by atoms with van der Waals surface area (Å²) in [6.45, 7) is 6.21. The van der Waals surface area contributed by atoms with Gasteiger partial charge in [-0.25, -0.2) is 0 Å². The Bertz CT molecular complexity index is 334. The van der Waals surface area contributed by atoms with Crippen LogP contribution < -0.4 is 4.74 Å². The van der Waals surface area contributed by atoms with Crippen LogP contribution in [0.5, 0.6) is 5.75 Å². The van der Waals surface area contributed by atoms with Gasteiger partial charge in [0.15, 0.2) is 0 Å². The van der Waals surface area contributed by atoms with Gasteiger partial charge in [0.25, 0.3) is 0 Å². The molecule has 2 nitrogen and oxygen atoms in total. The van der Waals surface area contributed by atoms with Gasteiger partial charge in [-0.2, -0.15) is 0 Å². The van der Waals surface area contributed by atoms with Crippen molar-refractivity contribution in [2.75, 3.05) is 6.61 Å². The zero-order valence-electron chi connectivity index (χ0n) is 9.38. The molecule has 1 atom stereocenters. The van der Waals surface area contributed by atoms with Crippen molar-refractivity contribution in [2.24, 2.45) is 0 Å². The van der Waals surface area contributed by atoms with Gasteiger partial charge in [-0.15, -0.1) is 0 Å². The lowest BCUT2D eigenvalue weighted by Crippen LogP contribution is -2.20. The number of aliphatic hydroxyl groups is 1. The van der Waals surface area contributed by atoms with E-state index < -0.39 is 5.60 Å². The van der Waals surface area contributed by atoms with E-state index in [0.29, 0.717) is 18.1 Å². The summed E-state index contributed by atoms with van der Waals surface area (Å²) in [5, 5.41) is 10.6. The van der Waals surface area contributed by atoms with E-state index >= 15 is 0 Å². The molecule has 0 saturated carbocycles. The number of hydrogen-bond donors (Lipinski definition) is 1. The van der Waals surface area contributed by atoms with Crippen molar-refractivity contribution >= 4 is 11.6 Å². The summed E-state index contributed by atoms with van der Waals surface area (Å²) in [5.74, 6) is 0.734. The molecular weight excluding hydrogens is 212 g/mol. The molecule has 0 aliphatic carbocycles. The third kappa shape index (κ3) is 2.86. The second kappa shape index (κ2) is 4.86. The van der Waals surface area contributed by atoms with Crippen LogP contribution in [0.15, 0.2) is 18.2 Å². The number of rotatable bonds is 4. The lowest BCUT2D eigenvalue weighted by atomic mass is 9.93. The van der Waals surface area contributed by atoms with Crippen LogP contribution in [0.4, 0.5) is 0 Å². The molecule has 1 N–H and O–H groups in total. The lowest BCUT2D eigenvalue weighted by Gasteiger charge is -2.23. The van der Waals surface area contributed by atoms with Crippen molar-refractivity contribution in [1.29, 1.82) is 0 Å². The normalized spacial score (nSPS) is 14.7. The highest BCUT2D eigenvalue weighted by atomic mass is 35.5. The standard InChI is InChI=1S/C12H17ClO2/c1-4-12(3,14)10-7-6-9(15-5-2)8-11(10)13/h6-8,14H,4-5H2,1-3H3. The topological polar surface area (TPSA) is 29.5 Å². The molecule has 1 aromatic carbocycles. The Balaban J connectivity index is 3.03. The number of hydrogen-bond acceptors (Lipinski definition) is 2. The van der Waals surface area contributed by atoms with Crippen LogP contribution in [0.3, 0.4) is 0 Å². The summed E-state index contributed by atoms with van der Waals surface area (Å²) in [4.78, 5) is 0. The van der Waals surface area contributed by atoms with Gasteiger partial charge >= 0.3 is 0 Å². The maximum atomic E-state index is 10.1. The summed E-state index contributed by atoms with van der Waals surface area (Å²) in [6, 6.07) is 5.39. The summed E-state index contributed by atoms with van der Waals surface area (Å²) >= 11 is 6.09. The minimum atomic E-state index is -0.873. The van der Waals surface area contributed by atoms with Crippen LogP contribution in [-0.2, 0) is 5.60 Å². The fourth-order valence-corrected chi connectivity index (χ4v) is 1.75. The Labute approximate surface area is 95.8 Å². The molecule has 0 spiro atoms. The first-order chi connectivity index (χ1) is 7.01. The van der Waals surface area contributed by atoms with Crippen LogP contribution in [0, 0.1) is 0 Å². The molecule has 1 rings (SSSR count). The average Bonchev–Trinajstić information content (AvgIpc) is 2.18. The van der Waals surface area contributed by atoms with E-state index in [0.717, 1.165) is 11.3 Å². The molecule has 1 unspecified atom stereocenters. The predicted octanol–water partition coefficient (Wildman–Crippen LogP) is 3.36. The maximum absolute atomic E-state index is 10.1. The number of benzene rings is 1. The highest BCUT2D eigenvalue weighted by Gasteiger charge is 2.23. The zero-order chi connectivity index (χ0) is 11.5. The molecule has 0 fully saturated rings. The molecule has 0 aliphatic rings. The highest BCUT2D eigenvalue weighted by molar-refractivity contribution is 6.31. The summed E-state index contributed by atoms with van der Waals surface area (Å²) in [6.07, 6.45) is 0.626. The van der Waals surface area contributed by atoms with Crippen molar-refractivity contribution < 1.29 is 9.84 Å². The van der Waals surface area contributed by atoms with Crippen LogP contribution in [0.25, 0.3) is 0 Å². The Morgan fingerprint density at radius 2 is 2.07 bits per heavy atom. The van der Waals surface area contributed by atoms with E-state index in [4.69, 9.17) is 16.3 Å². The van der Waals surface area contributed by atoms with Gasteiger partial charge in [0.2, 0.25) is 0 Å². The van der Waals surface area contributed by atoms with E-state index in [1.54, 1.807) is 13.0 Å². The summed E-state index contributed by atoms with van der Waals surface area (Å²) in [5.41, 5.74) is -0.128. The smallest absolute Gasteiger partial charge is 0.120 e. The van der Waals surface area contributed by atoms with Crippen molar-refractivity contribution in [3.63, 3.8) is 0 Å². The predicted molar refractivity (Wildman–Crippen MR) is 62.5 cm³/mol. The number of ether oxygens (including phenoxy) is 1. The minimum Gasteiger partial charge on any atom is -0.494 e.